The second-order valence-electron chi connectivity index (χ2n) is 10.0. The molecule has 3 rings (SSSR count). The van der Waals surface area contributed by atoms with Gasteiger partial charge < -0.3 is 14.6 Å². The van der Waals surface area contributed by atoms with Gasteiger partial charge in [0.2, 0.25) is 5.56 Å². The first-order valence-corrected chi connectivity index (χ1v) is 12.1. The van der Waals surface area contributed by atoms with E-state index in [1.54, 1.807) is 40.1 Å². The molecule has 3 amide bonds. The highest BCUT2D eigenvalue weighted by atomic mass is 16.6. The lowest BCUT2D eigenvalue weighted by Crippen LogP contribution is -2.53. The van der Waals surface area contributed by atoms with E-state index in [0.717, 1.165) is 53.7 Å². The molecule has 0 unspecified atom stereocenters. The van der Waals surface area contributed by atoms with E-state index < -0.39 is 23.8 Å². The Hall–Kier alpha value is -3.60. The van der Waals surface area contributed by atoms with Crippen LogP contribution in [0.1, 0.15) is 58.4 Å². The molecule has 35 heavy (non-hydrogen) atoms. The molecule has 0 bridgehead atoms. The largest absolute Gasteiger partial charge is 0.443 e. The maximum atomic E-state index is 13.2. The van der Waals surface area contributed by atoms with Gasteiger partial charge in [-0.05, 0) is 56.4 Å². The van der Waals surface area contributed by atoms with Crippen LogP contribution in [0, 0.1) is 11.3 Å². The molecule has 1 aliphatic carbocycles. The highest BCUT2D eigenvalue weighted by Crippen LogP contribution is 2.25. The highest BCUT2D eigenvalue weighted by Gasteiger charge is 2.35. The number of nitrogens with zero attached hydrogens (tertiary/aromatic N) is 3. The second-order valence-corrected chi connectivity index (χ2v) is 10.0. The molecule has 8 heteroatoms. The van der Waals surface area contributed by atoms with Crippen molar-refractivity contribution in [2.45, 2.75) is 77.0 Å². The minimum absolute atomic E-state index is 0.0772. The summed E-state index contributed by atoms with van der Waals surface area (Å²) >= 11 is 0. The van der Waals surface area contributed by atoms with Crippen molar-refractivity contribution in [2.75, 3.05) is 0 Å². The van der Waals surface area contributed by atoms with E-state index in [2.05, 4.69) is 11.4 Å². The summed E-state index contributed by atoms with van der Waals surface area (Å²) in [5, 5.41) is 12.4. The zero-order valence-electron chi connectivity index (χ0n) is 20.9. The number of hydrogen-bond acceptors (Lipinski definition) is 5. The number of hydrogen-bond donors (Lipinski definition) is 1. The van der Waals surface area contributed by atoms with E-state index in [0.29, 0.717) is 6.42 Å². The summed E-state index contributed by atoms with van der Waals surface area (Å²) in [6.07, 6.45) is 5.82. The molecular formula is C27H34N4O4. The lowest BCUT2D eigenvalue weighted by atomic mass is 9.94. The molecule has 1 N–H and O–H groups in total. The van der Waals surface area contributed by atoms with Crippen LogP contribution in [0.25, 0.3) is 11.1 Å². The first-order chi connectivity index (χ1) is 16.6. The Morgan fingerprint density at radius 3 is 2.31 bits per heavy atom. The third kappa shape index (κ3) is 7.19. The van der Waals surface area contributed by atoms with Crippen LogP contribution in [0.2, 0.25) is 0 Å². The van der Waals surface area contributed by atoms with E-state index in [9.17, 15) is 19.6 Å². The second kappa shape index (κ2) is 11.2. The Balaban J connectivity index is 1.70. The average Bonchev–Trinajstić information content (AvgIpc) is 2.80. The SMILES string of the molecule is Cn1cc(-c2ccc(C[C@@H](C#N)NC(=O)N(C(=O)OC(C)(C)C)C3CCCCC3)cc2)ccc1=O. The smallest absolute Gasteiger partial charge is 0.418 e. The van der Waals surface area contributed by atoms with Crippen LogP contribution in [0.5, 0.6) is 0 Å². The summed E-state index contributed by atoms with van der Waals surface area (Å²) in [5.74, 6) is 0. The van der Waals surface area contributed by atoms with Crippen molar-refractivity contribution in [1.82, 2.24) is 14.8 Å². The number of nitriles is 1. The Labute approximate surface area is 206 Å². The van der Waals surface area contributed by atoms with Gasteiger partial charge in [-0.1, -0.05) is 43.5 Å². The van der Waals surface area contributed by atoms with Crippen LogP contribution in [-0.2, 0) is 18.2 Å². The molecule has 0 radical (unpaired) electrons. The summed E-state index contributed by atoms with van der Waals surface area (Å²) in [6.45, 7) is 5.29. The Kier molecular flexibility index (Phi) is 8.34. The molecule has 1 saturated carbocycles. The lowest BCUT2D eigenvalue weighted by molar-refractivity contribution is 0.0220. The van der Waals surface area contributed by atoms with Gasteiger partial charge in [0.05, 0.1) is 6.07 Å². The fraction of sp³-hybridized carbons (Fsp3) is 0.481. The molecule has 0 aliphatic heterocycles. The topological polar surface area (TPSA) is 104 Å². The predicted octanol–water partition coefficient (Wildman–Crippen LogP) is 4.77. The van der Waals surface area contributed by atoms with Crippen molar-refractivity contribution < 1.29 is 14.3 Å². The highest BCUT2D eigenvalue weighted by molar-refractivity contribution is 5.91. The Morgan fingerprint density at radius 1 is 1.11 bits per heavy atom. The minimum atomic E-state index is -0.806. The van der Waals surface area contributed by atoms with Gasteiger partial charge in [-0.25, -0.2) is 14.5 Å². The van der Waals surface area contributed by atoms with Crippen molar-refractivity contribution in [3.63, 3.8) is 0 Å². The van der Waals surface area contributed by atoms with Crippen LogP contribution < -0.4 is 10.9 Å². The monoisotopic (exact) mass is 478 g/mol. The quantitative estimate of drug-likeness (QED) is 0.667. The standard InChI is InChI=1S/C27H34N4O4/c1-27(2,3)35-26(34)31(23-8-6-5-7-9-23)25(33)29-22(17-28)16-19-10-12-20(13-11-19)21-14-15-24(32)30(4)18-21/h10-15,18,22-23H,5-9,16H2,1-4H3,(H,29,33)/t22-/m0/s1. The fourth-order valence-corrected chi connectivity index (χ4v) is 4.23. The van der Waals surface area contributed by atoms with Crippen molar-refractivity contribution in [2.24, 2.45) is 7.05 Å². The van der Waals surface area contributed by atoms with E-state index in [1.165, 1.54) is 10.6 Å². The molecule has 1 aliphatic rings. The number of rotatable bonds is 5. The normalized spacial score (nSPS) is 15.1. The molecular weight excluding hydrogens is 444 g/mol. The first kappa shape index (κ1) is 26.0. The van der Waals surface area contributed by atoms with Crippen LogP contribution in [0.3, 0.4) is 0 Å². The zero-order valence-corrected chi connectivity index (χ0v) is 20.9. The number of aryl methyl sites for hydroxylation is 1. The number of urea groups is 1. The predicted molar refractivity (Wildman–Crippen MR) is 134 cm³/mol. The van der Waals surface area contributed by atoms with Crippen molar-refractivity contribution >= 4 is 12.1 Å². The molecule has 1 aromatic heterocycles. The van der Waals surface area contributed by atoms with Crippen LogP contribution in [0.15, 0.2) is 47.4 Å². The Bertz CT molecular complexity index is 1140. The fourth-order valence-electron chi connectivity index (χ4n) is 4.23. The first-order valence-electron chi connectivity index (χ1n) is 12.1. The van der Waals surface area contributed by atoms with Gasteiger partial charge in [-0.2, -0.15) is 5.26 Å². The van der Waals surface area contributed by atoms with Gasteiger partial charge in [0, 0.05) is 31.8 Å². The average molecular weight is 479 g/mol. The molecule has 1 fully saturated rings. The number of imide groups is 1. The maximum absolute atomic E-state index is 13.2. The summed E-state index contributed by atoms with van der Waals surface area (Å²) in [6, 6.07) is 11.4. The van der Waals surface area contributed by atoms with Gasteiger partial charge >= 0.3 is 12.1 Å². The number of benzene rings is 1. The molecule has 8 nitrogen and oxygen atoms in total. The summed E-state index contributed by atoms with van der Waals surface area (Å²) in [5.41, 5.74) is 1.91. The van der Waals surface area contributed by atoms with Crippen LogP contribution in [0.4, 0.5) is 9.59 Å². The minimum Gasteiger partial charge on any atom is -0.443 e. The summed E-state index contributed by atoms with van der Waals surface area (Å²) in [7, 11) is 1.70. The third-order valence-electron chi connectivity index (χ3n) is 6.02. The molecule has 1 atom stereocenters. The number of amides is 3. The van der Waals surface area contributed by atoms with Crippen molar-refractivity contribution in [3.8, 4) is 17.2 Å². The number of carbonyl (C=O) groups excluding carboxylic acids is 2. The number of carbonyl (C=O) groups is 2. The maximum Gasteiger partial charge on any atom is 0.418 e. The molecule has 2 aromatic rings. The lowest BCUT2D eigenvalue weighted by Gasteiger charge is -2.34. The van der Waals surface area contributed by atoms with Gasteiger partial charge in [0.1, 0.15) is 11.6 Å². The number of nitrogens with one attached hydrogen (secondary N) is 1. The van der Waals surface area contributed by atoms with E-state index in [1.807, 2.05) is 24.3 Å². The molecule has 1 heterocycles. The molecule has 0 saturated heterocycles. The van der Waals surface area contributed by atoms with E-state index in [4.69, 9.17) is 4.74 Å². The summed E-state index contributed by atoms with van der Waals surface area (Å²) in [4.78, 5) is 38.8. The number of pyridine rings is 1. The molecule has 186 valence electrons. The van der Waals surface area contributed by atoms with E-state index in [-0.39, 0.29) is 11.6 Å². The number of aromatic nitrogens is 1. The third-order valence-corrected chi connectivity index (χ3v) is 6.02. The molecule has 0 spiro atoms. The van der Waals surface area contributed by atoms with Gasteiger partial charge in [0.25, 0.3) is 0 Å². The zero-order chi connectivity index (χ0) is 25.6. The van der Waals surface area contributed by atoms with Crippen LogP contribution in [-0.4, -0.2) is 39.3 Å². The van der Waals surface area contributed by atoms with Gasteiger partial charge in [0.15, 0.2) is 0 Å². The van der Waals surface area contributed by atoms with Gasteiger partial charge in [-0.3, -0.25) is 4.79 Å². The van der Waals surface area contributed by atoms with Gasteiger partial charge in [-0.15, -0.1) is 0 Å². The molecule has 1 aromatic carbocycles. The summed E-state index contributed by atoms with van der Waals surface area (Å²) < 4.78 is 7.02. The number of ether oxygens (including phenoxy) is 1. The van der Waals surface area contributed by atoms with E-state index >= 15 is 0 Å². The van der Waals surface area contributed by atoms with Crippen molar-refractivity contribution in [3.05, 3.63) is 58.5 Å². The Morgan fingerprint density at radius 2 is 1.74 bits per heavy atom. The van der Waals surface area contributed by atoms with Crippen molar-refractivity contribution in [1.29, 1.82) is 5.26 Å². The van der Waals surface area contributed by atoms with Crippen LogP contribution >= 0.6 is 0 Å².